The first kappa shape index (κ1) is 13.3. The van der Waals surface area contributed by atoms with E-state index in [0.29, 0.717) is 0 Å². The maximum absolute atomic E-state index is 4.59. The van der Waals surface area contributed by atoms with E-state index in [1.54, 1.807) is 6.20 Å². The van der Waals surface area contributed by atoms with Crippen LogP contribution >= 0.6 is 15.9 Å². The highest BCUT2D eigenvalue weighted by atomic mass is 79.9. The molecule has 0 bridgehead atoms. The van der Waals surface area contributed by atoms with E-state index in [1.807, 2.05) is 16.8 Å². The summed E-state index contributed by atoms with van der Waals surface area (Å²) < 4.78 is 2.86. The predicted octanol–water partition coefficient (Wildman–Crippen LogP) is 4.46. The van der Waals surface area contributed by atoms with Crippen LogP contribution in [0.4, 0.5) is 0 Å². The average Bonchev–Trinajstić information content (AvgIpc) is 2.76. The summed E-state index contributed by atoms with van der Waals surface area (Å²) in [5, 5.41) is 0. The fourth-order valence-electron chi connectivity index (χ4n) is 2.23. The van der Waals surface area contributed by atoms with E-state index >= 15 is 0 Å². The Morgan fingerprint density at radius 2 is 1.80 bits per heavy atom. The minimum atomic E-state index is 0.164. The molecule has 0 saturated heterocycles. The SMILES string of the molecule is CC(C)(C)c1ccc(-c2nc(Br)c3cnccn23)cc1. The first-order chi connectivity index (χ1) is 9.47. The van der Waals surface area contributed by atoms with Gasteiger partial charge in [0, 0.05) is 18.0 Å². The van der Waals surface area contributed by atoms with Crippen LogP contribution in [0.3, 0.4) is 0 Å². The van der Waals surface area contributed by atoms with Gasteiger partial charge in [0.1, 0.15) is 10.4 Å². The van der Waals surface area contributed by atoms with Crippen LogP contribution in [0.2, 0.25) is 0 Å². The third-order valence-electron chi connectivity index (χ3n) is 3.41. The standard InChI is InChI=1S/C16H16BrN3/c1-16(2,3)12-6-4-11(5-7-12)15-19-14(17)13-10-18-8-9-20(13)15/h4-10H,1-3H3. The van der Waals surface area contributed by atoms with Crippen LogP contribution in [0, 0.1) is 0 Å². The Morgan fingerprint density at radius 1 is 1.10 bits per heavy atom. The molecule has 3 nitrogen and oxygen atoms in total. The first-order valence-corrected chi connectivity index (χ1v) is 7.34. The van der Waals surface area contributed by atoms with Crippen molar-refractivity contribution in [1.82, 2.24) is 14.4 Å². The zero-order valence-electron chi connectivity index (χ0n) is 11.8. The highest BCUT2D eigenvalue weighted by molar-refractivity contribution is 9.10. The van der Waals surface area contributed by atoms with Gasteiger partial charge in [-0.3, -0.25) is 9.38 Å². The van der Waals surface area contributed by atoms with E-state index in [2.05, 4.69) is 70.9 Å². The van der Waals surface area contributed by atoms with Crippen LogP contribution in [0.5, 0.6) is 0 Å². The summed E-state index contributed by atoms with van der Waals surface area (Å²) >= 11 is 3.49. The second-order valence-electron chi connectivity index (χ2n) is 5.89. The topological polar surface area (TPSA) is 30.2 Å². The van der Waals surface area contributed by atoms with E-state index < -0.39 is 0 Å². The lowest BCUT2D eigenvalue weighted by molar-refractivity contribution is 0.590. The molecule has 0 aliphatic rings. The van der Waals surface area contributed by atoms with Crippen molar-refractivity contribution >= 4 is 21.4 Å². The normalized spacial score (nSPS) is 12.0. The van der Waals surface area contributed by atoms with Gasteiger partial charge in [-0.2, -0.15) is 0 Å². The first-order valence-electron chi connectivity index (χ1n) is 6.55. The van der Waals surface area contributed by atoms with Crippen molar-refractivity contribution in [2.24, 2.45) is 0 Å². The Morgan fingerprint density at radius 3 is 2.45 bits per heavy atom. The van der Waals surface area contributed by atoms with Crippen LogP contribution < -0.4 is 0 Å². The number of hydrogen-bond donors (Lipinski definition) is 0. The fraction of sp³-hybridized carbons (Fsp3) is 0.250. The lowest BCUT2D eigenvalue weighted by Crippen LogP contribution is -2.10. The maximum atomic E-state index is 4.59. The molecule has 0 atom stereocenters. The molecule has 102 valence electrons. The van der Waals surface area contributed by atoms with Gasteiger partial charge in [0.05, 0.1) is 11.7 Å². The monoisotopic (exact) mass is 329 g/mol. The predicted molar refractivity (Wildman–Crippen MR) is 84.8 cm³/mol. The van der Waals surface area contributed by atoms with Crippen LogP contribution in [0.25, 0.3) is 16.9 Å². The van der Waals surface area contributed by atoms with Crippen molar-refractivity contribution in [2.75, 3.05) is 0 Å². The van der Waals surface area contributed by atoms with Gasteiger partial charge < -0.3 is 0 Å². The van der Waals surface area contributed by atoms with Crippen LogP contribution in [-0.2, 0) is 5.41 Å². The summed E-state index contributed by atoms with van der Waals surface area (Å²) in [4.78, 5) is 8.73. The Balaban J connectivity index is 2.12. The highest BCUT2D eigenvalue weighted by Gasteiger charge is 2.15. The van der Waals surface area contributed by atoms with Crippen molar-refractivity contribution in [1.29, 1.82) is 0 Å². The third-order valence-corrected chi connectivity index (χ3v) is 3.99. The molecule has 4 heteroatoms. The Bertz CT molecular complexity index is 751. The summed E-state index contributed by atoms with van der Waals surface area (Å²) in [7, 11) is 0. The second-order valence-corrected chi connectivity index (χ2v) is 6.64. The number of halogens is 1. The average molecular weight is 330 g/mol. The molecule has 3 aromatic rings. The summed E-state index contributed by atoms with van der Waals surface area (Å²) in [6.45, 7) is 6.65. The Hall–Kier alpha value is -1.68. The molecule has 0 fully saturated rings. The zero-order valence-corrected chi connectivity index (χ0v) is 13.3. The Labute approximate surface area is 126 Å². The van der Waals surface area contributed by atoms with E-state index in [1.165, 1.54) is 5.56 Å². The number of imidazole rings is 1. The molecule has 3 rings (SSSR count). The third kappa shape index (κ3) is 2.24. The number of fused-ring (bicyclic) bond motifs is 1. The van der Waals surface area contributed by atoms with Gasteiger partial charge in [0.15, 0.2) is 0 Å². The molecule has 0 radical (unpaired) electrons. The molecule has 0 saturated carbocycles. The molecule has 1 aromatic carbocycles. The molecule has 0 unspecified atom stereocenters. The molecule has 0 spiro atoms. The molecular formula is C16H16BrN3. The van der Waals surface area contributed by atoms with E-state index in [-0.39, 0.29) is 5.41 Å². The maximum Gasteiger partial charge on any atom is 0.145 e. The summed E-state index contributed by atoms with van der Waals surface area (Å²) in [6.07, 6.45) is 5.51. The van der Waals surface area contributed by atoms with Crippen molar-refractivity contribution in [3.63, 3.8) is 0 Å². The minimum absolute atomic E-state index is 0.164. The van der Waals surface area contributed by atoms with Crippen LogP contribution in [0.1, 0.15) is 26.3 Å². The number of benzene rings is 1. The van der Waals surface area contributed by atoms with Gasteiger partial charge in [0.25, 0.3) is 0 Å². The van der Waals surface area contributed by atoms with Crippen LogP contribution in [-0.4, -0.2) is 14.4 Å². The zero-order chi connectivity index (χ0) is 14.3. The second kappa shape index (κ2) is 4.70. The minimum Gasteiger partial charge on any atom is -0.296 e. The molecule has 0 aliphatic carbocycles. The van der Waals surface area contributed by atoms with Gasteiger partial charge in [-0.25, -0.2) is 4.98 Å². The lowest BCUT2D eigenvalue weighted by atomic mass is 9.87. The smallest absolute Gasteiger partial charge is 0.145 e. The van der Waals surface area contributed by atoms with Crippen molar-refractivity contribution in [3.05, 3.63) is 53.0 Å². The molecule has 2 heterocycles. The van der Waals surface area contributed by atoms with Crippen molar-refractivity contribution in [3.8, 4) is 11.4 Å². The summed E-state index contributed by atoms with van der Waals surface area (Å²) in [5.74, 6) is 0.926. The largest absolute Gasteiger partial charge is 0.296 e. The summed E-state index contributed by atoms with van der Waals surface area (Å²) in [5.41, 5.74) is 3.56. The fourth-order valence-corrected chi connectivity index (χ4v) is 2.69. The lowest BCUT2D eigenvalue weighted by Gasteiger charge is -2.19. The highest BCUT2D eigenvalue weighted by Crippen LogP contribution is 2.28. The molecule has 20 heavy (non-hydrogen) atoms. The van der Waals surface area contributed by atoms with Gasteiger partial charge in [-0.1, -0.05) is 45.0 Å². The van der Waals surface area contributed by atoms with E-state index in [4.69, 9.17) is 0 Å². The van der Waals surface area contributed by atoms with Gasteiger partial charge in [-0.15, -0.1) is 0 Å². The van der Waals surface area contributed by atoms with Crippen LogP contribution in [0.15, 0.2) is 47.5 Å². The van der Waals surface area contributed by atoms with E-state index in [9.17, 15) is 0 Å². The van der Waals surface area contributed by atoms with Crippen molar-refractivity contribution < 1.29 is 0 Å². The number of nitrogens with zero attached hydrogens (tertiary/aromatic N) is 3. The number of aromatic nitrogens is 3. The molecule has 0 N–H and O–H groups in total. The van der Waals surface area contributed by atoms with Crippen molar-refractivity contribution in [2.45, 2.75) is 26.2 Å². The molecule has 0 aliphatic heterocycles. The summed E-state index contributed by atoms with van der Waals surface area (Å²) in [6, 6.07) is 8.60. The quantitative estimate of drug-likeness (QED) is 0.660. The Kier molecular flexibility index (Phi) is 3.13. The number of hydrogen-bond acceptors (Lipinski definition) is 2. The molecular weight excluding hydrogens is 314 g/mol. The van der Waals surface area contributed by atoms with Gasteiger partial charge >= 0.3 is 0 Å². The number of rotatable bonds is 1. The molecule has 2 aromatic heterocycles. The molecule has 0 amide bonds. The van der Waals surface area contributed by atoms with E-state index in [0.717, 1.165) is 21.5 Å². The van der Waals surface area contributed by atoms with Gasteiger partial charge in [0.2, 0.25) is 0 Å². The van der Waals surface area contributed by atoms with Gasteiger partial charge in [-0.05, 0) is 26.9 Å².